The van der Waals surface area contributed by atoms with Crippen molar-refractivity contribution in [1.29, 1.82) is 0 Å². The lowest BCUT2D eigenvalue weighted by molar-refractivity contribution is -0.126. The van der Waals surface area contributed by atoms with Gasteiger partial charge in [0.25, 0.3) is 0 Å². The van der Waals surface area contributed by atoms with Gasteiger partial charge in [0.05, 0.1) is 0 Å². The summed E-state index contributed by atoms with van der Waals surface area (Å²) in [5, 5.41) is 5.87. The van der Waals surface area contributed by atoms with Gasteiger partial charge >= 0.3 is 0 Å². The van der Waals surface area contributed by atoms with Gasteiger partial charge in [-0.3, -0.25) is 9.59 Å². The highest BCUT2D eigenvalue weighted by molar-refractivity contribution is 5.80. The molecule has 2 rings (SSSR count). The van der Waals surface area contributed by atoms with Gasteiger partial charge in [0.15, 0.2) is 0 Å². The molecule has 0 saturated heterocycles. The van der Waals surface area contributed by atoms with Gasteiger partial charge < -0.3 is 10.6 Å². The molecule has 2 amide bonds. The van der Waals surface area contributed by atoms with E-state index in [1.807, 2.05) is 67.6 Å². The van der Waals surface area contributed by atoms with Crippen LogP contribution in [0, 0.1) is 5.92 Å². The molecule has 0 aliphatic carbocycles. The Kier molecular flexibility index (Phi) is 7.70. The van der Waals surface area contributed by atoms with E-state index in [0.717, 1.165) is 17.5 Å². The largest absolute Gasteiger partial charge is 0.352 e. The van der Waals surface area contributed by atoms with E-state index < -0.39 is 0 Å². The number of nitrogens with one attached hydrogen (secondary N) is 2. The van der Waals surface area contributed by atoms with Crippen LogP contribution >= 0.6 is 0 Å². The Labute approximate surface area is 149 Å². The fourth-order valence-electron chi connectivity index (χ4n) is 2.64. The summed E-state index contributed by atoms with van der Waals surface area (Å²) in [6, 6.07) is 19.6. The van der Waals surface area contributed by atoms with Crippen molar-refractivity contribution in [3.63, 3.8) is 0 Å². The third kappa shape index (κ3) is 6.79. The van der Waals surface area contributed by atoms with Gasteiger partial charge in [-0.15, -0.1) is 0 Å². The number of hydrogen-bond donors (Lipinski definition) is 2. The van der Waals surface area contributed by atoms with Crippen LogP contribution in [0.5, 0.6) is 0 Å². The lowest BCUT2D eigenvalue weighted by Crippen LogP contribution is -2.31. The van der Waals surface area contributed by atoms with Crippen LogP contribution in [-0.2, 0) is 22.7 Å². The van der Waals surface area contributed by atoms with Crippen LogP contribution < -0.4 is 10.6 Å². The van der Waals surface area contributed by atoms with Gasteiger partial charge in [-0.25, -0.2) is 0 Å². The molecule has 0 aliphatic rings. The number of rotatable bonds is 9. The highest BCUT2D eigenvalue weighted by atomic mass is 16.2. The number of carbonyl (C=O) groups is 2. The number of amides is 2. The lowest BCUT2D eigenvalue weighted by Gasteiger charge is -2.15. The van der Waals surface area contributed by atoms with Gasteiger partial charge in [-0.2, -0.15) is 0 Å². The minimum atomic E-state index is -0.133. The molecule has 4 heteroatoms. The van der Waals surface area contributed by atoms with Crippen LogP contribution in [0.4, 0.5) is 0 Å². The SMILES string of the molecule is CCC(CCC(=O)NCc1ccccc1)C(=O)NCc1ccccc1. The van der Waals surface area contributed by atoms with Gasteiger partial charge in [0.2, 0.25) is 11.8 Å². The van der Waals surface area contributed by atoms with E-state index in [-0.39, 0.29) is 17.7 Å². The Morgan fingerprint density at radius 3 is 1.88 bits per heavy atom. The Morgan fingerprint density at radius 1 is 0.840 bits per heavy atom. The average Bonchev–Trinajstić information content (AvgIpc) is 2.67. The first-order valence-corrected chi connectivity index (χ1v) is 8.81. The summed E-state index contributed by atoms with van der Waals surface area (Å²) in [5.74, 6) is -0.133. The van der Waals surface area contributed by atoms with Gasteiger partial charge in [0, 0.05) is 25.4 Å². The lowest BCUT2D eigenvalue weighted by atomic mass is 9.99. The fourth-order valence-corrected chi connectivity index (χ4v) is 2.64. The van der Waals surface area contributed by atoms with Gasteiger partial charge in [0.1, 0.15) is 0 Å². The zero-order chi connectivity index (χ0) is 17.9. The summed E-state index contributed by atoms with van der Waals surface area (Å²) in [5.41, 5.74) is 2.15. The van der Waals surface area contributed by atoms with Crippen LogP contribution in [0.2, 0.25) is 0 Å². The molecular formula is C21H26N2O2. The average molecular weight is 338 g/mol. The van der Waals surface area contributed by atoms with Crippen LogP contribution in [0.1, 0.15) is 37.3 Å². The number of benzene rings is 2. The van der Waals surface area contributed by atoms with Crippen LogP contribution in [0.25, 0.3) is 0 Å². The zero-order valence-electron chi connectivity index (χ0n) is 14.7. The summed E-state index contributed by atoms with van der Waals surface area (Å²) in [7, 11) is 0. The molecule has 0 radical (unpaired) electrons. The highest BCUT2D eigenvalue weighted by Gasteiger charge is 2.17. The third-order valence-corrected chi connectivity index (χ3v) is 4.23. The molecule has 4 nitrogen and oxygen atoms in total. The molecule has 0 aliphatic heterocycles. The van der Waals surface area contributed by atoms with Gasteiger partial charge in [-0.05, 0) is 24.0 Å². The monoisotopic (exact) mass is 338 g/mol. The molecule has 2 N–H and O–H groups in total. The van der Waals surface area contributed by atoms with E-state index in [0.29, 0.717) is 25.9 Å². The minimum Gasteiger partial charge on any atom is -0.352 e. The number of carbonyl (C=O) groups excluding carboxylic acids is 2. The second-order valence-electron chi connectivity index (χ2n) is 6.11. The first-order valence-electron chi connectivity index (χ1n) is 8.81. The van der Waals surface area contributed by atoms with Crippen molar-refractivity contribution in [2.45, 2.75) is 39.3 Å². The van der Waals surface area contributed by atoms with E-state index in [1.165, 1.54) is 0 Å². The normalized spacial score (nSPS) is 11.6. The predicted octanol–water partition coefficient (Wildman–Crippen LogP) is 3.43. The smallest absolute Gasteiger partial charge is 0.223 e. The maximum Gasteiger partial charge on any atom is 0.223 e. The first kappa shape index (κ1) is 18.7. The second kappa shape index (κ2) is 10.3. The van der Waals surface area contributed by atoms with Crippen molar-refractivity contribution in [3.8, 4) is 0 Å². The van der Waals surface area contributed by atoms with E-state index in [1.54, 1.807) is 0 Å². The zero-order valence-corrected chi connectivity index (χ0v) is 14.7. The molecule has 1 unspecified atom stereocenters. The molecule has 0 heterocycles. The Morgan fingerprint density at radius 2 is 1.36 bits per heavy atom. The molecule has 2 aromatic carbocycles. The summed E-state index contributed by atoms with van der Waals surface area (Å²) in [4.78, 5) is 24.3. The van der Waals surface area contributed by atoms with Crippen molar-refractivity contribution in [2.24, 2.45) is 5.92 Å². The third-order valence-electron chi connectivity index (χ3n) is 4.23. The molecule has 0 saturated carbocycles. The molecule has 0 aromatic heterocycles. The van der Waals surface area contributed by atoms with Crippen LogP contribution in [0.15, 0.2) is 60.7 Å². The molecule has 1 atom stereocenters. The summed E-state index contributed by atoms with van der Waals surface area (Å²) >= 11 is 0. The Balaban J connectivity index is 1.71. The summed E-state index contributed by atoms with van der Waals surface area (Å²) in [6.45, 7) is 3.03. The van der Waals surface area contributed by atoms with Crippen molar-refractivity contribution in [2.75, 3.05) is 0 Å². The van der Waals surface area contributed by atoms with E-state index in [2.05, 4.69) is 10.6 Å². The van der Waals surface area contributed by atoms with Crippen molar-refractivity contribution >= 4 is 11.8 Å². The predicted molar refractivity (Wildman–Crippen MR) is 99.6 cm³/mol. The second-order valence-corrected chi connectivity index (χ2v) is 6.11. The quantitative estimate of drug-likeness (QED) is 0.736. The molecule has 25 heavy (non-hydrogen) atoms. The standard InChI is InChI=1S/C21H26N2O2/c1-2-19(21(25)23-16-18-11-7-4-8-12-18)13-14-20(24)22-15-17-9-5-3-6-10-17/h3-12,19H,2,13-16H2,1H3,(H,22,24)(H,23,25). The van der Waals surface area contributed by atoms with Crippen molar-refractivity contribution in [3.05, 3.63) is 71.8 Å². The van der Waals surface area contributed by atoms with E-state index in [9.17, 15) is 9.59 Å². The molecule has 132 valence electrons. The maximum absolute atomic E-state index is 12.3. The van der Waals surface area contributed by atoms with Crippen molar-refractivity contribution in [1.82, 2.24) is 10.6 Å². The molecule has 0 fully saturated rings. The molecule has 2 aromatic rings. The van der Waals surface area contributed by atoms with Crippen LogP contribution in [-0.4, -0.2) is 11.8 Å². The highest BCUT2D eigenvalue weighted by Crippen LogP contribution is 2.12. The van der Waals surface area contributed by atoms with E-state index in [4.69, 9.17) is 0 Å². The summed E-state index contributed by atoms with van der Waals surface area (Å²) < 4.78 is 0. The first-order chi connectivity index (χ1) is 12.2. The van der Waals surface area contributed by atoms with Gasteiger partial charge in [-0.1, -0.05) is 67.6 Å². The molecule has 0 bridgehead atoms. The Hall–Kier alpha value is -2.62. The minimum absolute atomic E-state index is 0.0156. The topological polar surface area (TPSA) is 58.2 Å². The van der Waals surface area contributed by atoms with Crippen molar-refractivity contribution < 1.29 is 9.59 Å². The fraction of sp³-hybridized carbons (Fsp3) is 0.333. The Bertz CT molecular complexity index is 656. The molecular weight excluding hydrogens is 312 g/mol. The number of hydrogen-bond acceptors (Lipinski definition) is 2. The van der Waals surface area contributed by atoms with Crippen LogP contribution in [0.3, 0.4) is 0 Å². The molecule has 0 spiro atoms. The maximum atomic E-state index is 12.3. The summed E-state index contributed by atoms with van der Waals surface area (Å²) in [6.07, 6.45) is 1.66. The van der Waals surface area contributed by atoms with E-state index >= 15 is 0 Å².